The fourth-order valence-electron chi connectivity index (χ4n) is 3.36. The van der Waals surface area contributed by atoms with Crippen molar-refractivity contribution < 1.29 is 22.7 Å². The minimum Gasteiger partial charge on any atom is -0.474 e. The Morgan fingerprint density at radius 3 is 2.67 bits per heavy atom. The van der Waals surface area contributed by atoms with Crippen molar-refractivity contribution in [1.82, 2.24) is 15.2 Å². The molecule has 10 heteroatoms. The molecule has 0 spiro atoms. The van der Waals surface area contributed by atoms with E-state index in [-0.39, 0.29) is 35.5 Å². The van der Waals surface area contributed by atoms with Crippen LogP contribution in [0.4, 0.5) is 14.8 Å². The number of pyridine rings is 1. The Balaban J connectivity index is 1.33. The van der Waals surface area contributed by atoms with E-state index in [2.05, 4.69) is 20.5 Å². The van der Waals surface area contributed by atoms with Gasteiger partial charge >= 0.3 is 6.01 Å². The summed E-state index contributed by atoms with van der Waals surface area (Å²) in [6.45, 7) is 0. The van der Waals surface area contributed by atoms with Crippen LogP contribution in [0, 0.1) is 11.6 Å². The van der Waals surface area contributed by atoms with E-state index in [0.717, 1.165) is 37.8 Å². The van der Waals surface area contributed by atoms with E-state index in [1.165, 1.54) is 6.07 Å². The Morgan fingerprint density at radius 1 is 1.13 bits per heavy atom. The number of nitrogens with two attached hydrogens (primary N) is 1. The number of carbonyl (C=O) groups is 1. The topological polar surface area (TPSA) is 116 Å². The molecule has 1 amide bonds. The third kappa shape index (κ3) is 4.37. The van der Waals surface area contributed by atoms with Crippen LogP contribution in [-0.2, 0) is 0 Å². The maximum atomic E-state index is 13.4. The molecule has 8 nitrogen and oxygen atoms in total. The lowest BCUT2D eigenvalue weighted by atomic mass is 9.93. The van der Waals surface area contributed by atoms with Crippen LogP contribution >= 0.6 is 0 Å². The molecule has 1 fully saturated rings. The SMILES string of the molecule is NC(=O)c1cccnc1O[C@H]1CC[C@H](Nc2nnc(-c3ccc(F)c(F)c3)o2)CC1. The van der Waals surface area contributed by atoms with Gasteiger partial charge in [-0.15, -0.1) is 5.10 Å². The molecular weight excluding hydrogens is 396 g/mol. The van der Waals surface area contributed by atoms with Crippen LogP contribution in [0.15, 0.2) is 40.9 Å². The second kappa shape index (κ2) is 8.44. The minimum absolute atomic E-state index is 0.0856. The minimum atomic E-state index is -0.981. The normalized spacial score (nSPS) is 18.7. The molecule has 30 heavy (non-hydrogen) atoms. The monoisotopic (exact) mass is 415 g/mol. The first-order valence-electron chi connectivity index (χ1n) is 9.46. The van der Waals surface area contributed by atoms with Gasteiger partial charge in [-0.2, -0.15) is 0 Å². The third-order valence-electron chi connectivity index (χ3n) is 4.91. The fourth-order valence-corrected chi connectivity index (χ4v) is 3.36. The van der Waals surface area contributed by atoms with E-state index in [4.69, 9.17) is 14.9 Å². The molecule has 156 valence electrons. The molecule has 1 saturated carbocycles. The van der Waals surface area contributed by atoms with Crippen molar-refractivity contribution >= 4 is 11.9 Å². The highest BCUT2D eigenvalue weighted by atomic mass is 19.2. The number of rotatable bonds is 6. The number of halogens is 2. The number of benzene rings is 1. The molecule has 0 bridgehead atoms. The van der Waals surface area contributed by atoms with E-state index in [9.17, 15) is 13.6 Å². The summed E-state index contributed by atoms with van der Waals surface area (Å²) < 4.78 is 37.8. The van der Waals surface area contributed by atoms with Crippen LogP contribution in [0.1, 0.15) is 36.0 Å². The Bertz CT molecular complexity index is 1050. The zero-order valence-electron chi connectivity index (χ0n) is 15.8. The highest BCUT2D eigenvalue weighted by molar-refractivity contribution is 5.94. The summed E-state index contributed by atoms with van der Waals surface area (Å²) in [6.07, 6.45) is 4.47. The molecule has 2 heterocycles. The van der Waals surface area contributed by atoms with Crippen molar-refractivity contribution in [2.24, 2.45) is 5.73 Å². The summed E-state index contributed by atoms with van der Waals surface area (Å²) in [6, 6.07) is 6.89. The lowest BCUT2D eigenvalue weighted by Crippen LogP contribution is -2.32. The maximum Gasteiger partial charge on any atom is 0.315 e. The lowest BCUT2D eigenvalue weighted by Gasteiger charge is -2.28. The molecule has 0 saturated heterocycles. The first-order chi connectivity index (χ1) is 14.5. The van der Waals surface area contributed by atoms with E-state index in [1.54, 1.807) is 18.3 Å². The molecule has 4 rings (SSSR count). The van der Waals surface area contributed by atoms with E-state index in [0.29, 0.717) is 5.56 Å². The fraction of sp³-hybridized carbons (Fsp3) is 0.300. The zero-order chi connectivity index (χ0) is 21.1. The molecule has 3 aromatic rings. The van der Waals surface area contributed by atoms with Crippen LogP contribution in [0.3, 0.4) is 0 Å². The van der Waals surface area contributed by atoms with Gasteiger partial charge in [0.2, 0.25) is 11.8 Å². The van der Waals surface area contributed by atoms with Gasteiger partial charge in [0.05, 0.1) is 0 Å². The number of anilines is 1. The molecule has 2 aromatic heterocycles. The highest BCUT2D eigenvalue weighted by Crippen LogP contribution is 2.27. The Kier molecular flexibility index (Phi) is 5.55. The summed E-state index contributed by atoms with van der Waals surface area (Å²) in [5, 5.41) is 11.0. The smallest absolute Gasteiger partial charge is 0.315 e. The number of hydrogen-bond donors (Lipinski definition) is 2. The third-order valence-corrected chi connectivity index (χ3v) is 4.91. The quantitative estimate of drug-likeness (QED) is 0.634. The van der Waals surface area contributed by atoms with Gasteiger partial charge in [0.25, 0.3) is 5.91 Å². The zero-order valence-corrected chi connectivity index (χ0v) is 15.8. The molecule has 0 radical (unpaired) electrons. The number of amides is 1. The highest BCUT2D eigenvalue weighted by Gasteiger charge is 2.25. The summed E-state index contributed by atoms with van der Waals surface area (Å²) in [7, 11) is 0. The number of nitrogens with zero attached hydrogens (tertiary/aromatic N) is 3. The van der Waals surface area contributed by atoms with Gasteiger partial charge in [0, 0.05) is 17.8 Å². The first kappa shape index (κ1) is 19.7. The van der Waals surface area contributed by atoms with Crippen molar-refractivity contribution in [2.45, 2.75) is 37.8 Å². The lowest BCUT2D eigenvalue weighted by molar-refractivity contribution is 0.0983. The summed E-state index contributed by atoms with van der Waals surface area (Å²) >= 11 is 0. The van der Waals surface area contributed by atoms with Crippen molar-refractivity contribution in [2.75, 3.05) is 5.32 Å². The molecule has 0 unspecified atom stereocenters. The molecule has 1 aliphatic carbocycles. The number of nitrogens with one attached hydrogen (secondary N) is 1. The van der Waals surface area contributed by atoms with Crippen molar-refractivity contribution in [3.63, 3.8) is 0 Å². The van der Waals surface area contributed by atoms with Gasteiger partial charge in [-0.05, 0) is 56.0 Å². The van der Waals surface area contributed by atoms with E-state index >= 15 is 0 Å². The van der Waals surface area contributed by atoms with Crippen LogP contribution < -0.4 is 15.8 Å². The number of carbonyl (C=O) groups excluding carboxylic acids is 1. The van der Waals surface area contributed by atoms with Crippen LogP contribution in [0.2, 0.25) is 0 Å². The van der Waals surface area contributed by atoms with E-state index < -0.39 is 17.5 Å². The Hall–Kier alpha value is -3.56. The molecule has 1 aromatic carbocycles. The Morgan fingerprint density at radius 2 is 1.93 bits per heavy atom. The number of primary amides is 1. The summed E-state index contributed by atoms with van der Waals surface area (Å²) in [5.74, 6) is -2.16. The summed E-state index contributed by atoms with van der Waals surface area (Å²) in [4.78, 5) is 15.6. The van der Waals surface area contributed by atoms with Gasteiger partial charge in [-0.1, -0.05) is 5.10 Å². The van der Waals surface area contributed by atoms with Crippen LogP contribution in [0.25, 0.3) is 11.5 Å². The predicted molar refractivity (Wildman–Crippen MR) is 103 cm³/mol. The molecular formula is C20H19F2N5O3. The molecule has 0 aliphatic heterocycles. The van der Waals surface area contributed by atoms with Gasteiger partial charge in [0.15, 0.2) is 11.6 Å². The molecule has 3 N–H and O–H groups in total. The average Bonchev–Trinajstić information content (AvgIpc) is 3.20. The number of ether oxygens (including phenoxy) is 1. The largest absolute Gasteiger partial charge is 0.474 e. The second-order valence-electron chi connectivity index (χ2n) is 7.00. The van der Waals surface area contributed by atoms with Crippen LogP contribution in [0.5, 0.6) is 5.88 Å². The number of aromatic nitrogens is 3. The maximum absolute atomic E-state index is 13.4. The first-order valence-corrected chi connectivity index (χ1v) is 9.46. The van der Waals surface area contributed by atoms with Gasteiger partial charge in [-0.25, -0.2) is 13.8 Å². The molecule has 0 atom stereocenters. The second-order valence-corrected chi connectivity index (χ2v) is 7.00. The average molecular weight is 415 g/mol. The standard InChI is InChI=1S/C20H19F2N5O3/c21-15-8-3-11(10-16(15)22)18-26-27-20(30-18)25-12-4-6-13(7-5-12)29-19-14(17(23)28)2-1-9-24-19/h1-3,8-10,12-13H,4-7H2,(H2,23,28)(H,25,27)/t12-,13-. The van der Waals surface area contributed by atoms with E-state index in [1.807, 2.05) is 0 Å². The van der Waals surface area contributed by atoms with Crippen LogP contribution in [-0.4, -0.2) is 33.2 Å². The Labute approximate surface area is 170 Å². The van der Waals surface area contributed by atoms with Gasteiger partial charge < -0.3 is 20.2 Å². The van der Waals surface area contributed by atoms with Gasteiger partial charge in [0.1, 0.15) is 11.7 Å². The molecule has 1 aliphatic rings. The van der Waals surface area contributed by atoms with Crippen molar-refractivity contribution in [3.05, 3.63) is 53.7 Å². The predicted octanol–water partition coefficient (Wildman–Crippen LogP) is 3.31. The summed E-state index contributed by atoms with van der Waals surface area (Å²) in [5.41, 5.74) is 5.91. The van der Waals surface area contributed by atoms with Crippen molar-refractivity contribution in [1.29, 1.82) is 0 Å². The van der Waals surface area contributed by atoms with Crippen molar-refractivity contribution in [3.8, 4) is 17.3 Å². The van der Waals surface area contributed by atoms with Gasteiger partial charge in [-0.3, -0.25) is 4.79 Å². The number of hydrogen-bond acceptors (Lipinski definition) is 7.